The normalized spacial score (nSPS) is 13.2. The summed E-state index contributed by atoms with van der Waals surface area (Å²) in [6, 6.07) is 17.3. The van der Waals surface area contributed by atoms with Crippen molar-refractivity contribution in [2.45, 2.75) is 0 Å². The van der Waals surface area contributed by atoms with E-state index >= 15 is 0 Å². The van der Waals surface area contributed by atoms with E-state index in [0.717, 1.165) is 23.9 Å². The molecule has 4 heterocycles. The number of hydrogen-bond donors (Lipinski definition) is 4. The molecule has 1 aliphatic rings. The average molecular weight is 650 g/mol. The fourth-order valence-electron chi connectivity index (χ4n) is 5.32. The Morgan fingerprint density at radius 3 is 2.27 bits per heavy atom. The van der Waals surface area contributed by atoms with Crippen LogP contribution < -0.4 is 21.3 Å². The van der Waals surface area contributed by atoms with E-state index in [2.05, 4.69) is 36.1 Å². The van der Waals surface area contributed by atoms with E-state index in [-0.39, 0.29) is 23.2 Å². The first-order valence-corrected chi connectivity index (χ1v) is 15.4. The molecule has 1 aliphatic heterocycles. The standard InChI is InChI=1S/C34H35N9O5/c1-41-20-26(38-32(45)27-17-23-5-3-4-6-24(23)19-36-27)18-28(41)33(46)37-25-9-7-22(8-10-25)31(44)40-29-21-42(2)30(39-29)34(47)35-11-12-43-13-15-48-16-14-43/h3-10,17-21H,11-16H2,1-2H3,(H,35,47)(H,37,46)(H,38,45)(H,40,44). The number of anilines is 3. The minimum absolute atomic E-state index is 0.180. The van der Waals surface area contributed by atoms with Crippen molar-refractivity contribution in [2.24, 2.45) is 14.1 Å². The lowest BCUT2D eigenvalue weighted by Gasteiger charge is -2.26. The zero-order chi connectivity index (χ0) is 33.6. The summed E-state index contributed by atoms with van der Waals surface area (Å²) in [5.74, 6) is -1.13. The number of ether oxygens (including phenoxy) is 1. The lowest BCUT2D eigenvalue weighted by atomic mass is 10.1. The molecule has 6 rings (SSSR count). The van der Waals surface area contributed by atoms with Crippen LogP contribution in [0.3, 0.4) is 0 Å². The van der Waals surface area contributed by atoms with Gasteiger partial charge in [0, 0.05) is 75.5 Å². The van der Waals surface area contributed by atoms with Crippen molar-refractivity contribution < 1.29 is 23.9 Å². The molecular formula is C34H35N9O5. The number of benzene rings is 2. The highest BCUT2D eigenvalue weighted by atomic mass is 16.5. The number of imidazole rings is 1. The van der Waals surface area contributed by atoms with Crippen molar-refractivity contribution in [1.29, 1.82) is 0 Å². The molecule has 0 radical (unpaired) electrons. The van der Waals surface area contributed by atoms with Gasteiger partial charge in [-0.15, -0.1) is 0 Å². The molecule has 4 N–H and O–H groups in total. The summed E-state index contributed by atoms with van der Waals surface area (Å²) in [6.07, 6.45) is 4.85. The van der Waals surface area contributed by atoms with Gasteiger partial charge in [0.15, 0.2) is 5.82 Å². The number of carbonyl (C=O) groups excluding carboxylic acids is 4. The maximum Gasteiger partial charge on any atom is 0.287 e. The molecule has 0 aliphatic carbocycles. The molecule has 246 valence electrons. The molecule has 5 aromatic rings. The number of morpholine rings is 1. The highest BCUT2D eigenvalue weighted by Crippen LogP contribution is 2.19. The molecule has 14 heteroatoms. The maximum absolute atomic E-state index is 13.1. The van der Waals surface area contributed by atoms with Crippen molar-refractivity contribution in [3.63, 3.8) is 0 Å². The Morgan fingerprint density at radius 1 is 0.771 bits per heavy atom. The third-order valence-electron chi connectivity index (χ3n) is 7.90. The number of hydrogen-bond acceptors (Lipinski definition) is 8. The van der Waals surface area contributed by atoms with Gasteiger partial charge in [-0.25, -0.2) is 4.98 Å². The van der Waals surface area contributed by atoms with Gasteiger partial charge >= 0.3 is 0 Å². The van der Waals surface area contributed by atoms with Gasteiger partial charge in [0.25, 0.3) is 23.6 Å². The fraction of sp³-hybridized carbons (Fsp3) is 0.235. The summed E-state index contributed by atoms with van der Waals surface area (Å²) in [4.78, 5) is 62.2. The number of pyridine rings is 1. The summed E-state index contributed by atoms with van der Waals surface area (Å²) in [5.41, 5.74) is 1.82. The number of fused-ring (bicyclic) bond motifs is 1. The zero-order valence-electron chi connectivity index (χ0n) is 26.5. The van der Waals surface area contributed by atoms with Gasteiger partial charge in [-0.05, 0) is 41.8 Å². The number of aromatic nitrogens is 4. The molecule has 0 unspecified atom stereocenters. The molecule has 1 fully saturated rings. The highest BCUT2D eigenvalue weighted by Gasteiger charge is 2.18. The van der Waals surface area contributed by atoms with Crippen LogP contribution in [0.4, 0.5) is 17.2 Å². The fourth-order valence-corrected chi connectivity index (χ4v) is 5.32. The number of rotatable bonds is 10. The third-order valence-corrected chi connectivity index (χ3v) is 7.90. The first kappa shape index (κ1) is 32.1. The van der Waals surface area contributed by atoms with Crippen LogP contribution in [-0.2, 0) is 18.8 Å². The third kappa shape index (κ3) is 7.57. The van der Waals surface area contributed by atoms with Crippen molar-refractivity contribution >= 4 is 51.6 Å². The lowest BCUT2D eigenvalue weighted by molar-refractivity contribution is 0.0383. The molecule has 0 saturated carbocycles. The Bertz CT molecular complexity index is 1980. The second kappa shape index (κ2) is 14.3. The van der Waals surface area contributed by atoms with Crippen LogP contribution in [0.2, 0.25) is 0 Å². The Morgan fingerprint density at radius 2 is 1.50 bits per heavy atom. The first-order valence-electron chi connectivity index (χ1n) is 15.4. The van der Waals surface area contributed by atoms with Gasteiger partial charge < -0.3 is 35.1 Å². The van der Waals surface area contributed by atoms with Crippen LogP contribution in [-0.4, -0.2) is 87.0 Å². The van der Waals surface area contributed by atoms with Crippen molar-refractivity contribution in [3.8, 4) is 0 Å². The second-order valence-electron chi connectivity index (χ2n) is 11.4. The number of aryl methyl sites for hydroxylation is 2. The molecule has 0 spiro atoms. The molecule has 48 heavy (non-hydrogen) atoms. The van der Waals surface area contributed by atoms with Gasteiger partial charge in [0.2, 0.25) is 5.82 Å². The molecule has 3 aromatic heterocycles. The molecule has 2 aromatic carbocycles. The second-order valence-corrected chi connectivity index (χ2v) is 11.4. The molecule has 0 bridgehead atoms. The minimum atomic E-state index is -0.422. The summed E-state index contributed by atoms with van der Waals surface area (Å²) in [5, 5.41) is 13.0. The van der Waals surface area contributed by atoms with E-state index in [9.17, 15) is 19.2 Å². The smallest absolute Gasteiger partial charge is 0.287 e. The lowest BCUT2D eigenvalue weighted by Crippen LogP contribution is -2.41. The van der Waals surface area contributed by atoms with Crippen molar-refractivity contribution in [3.05, 3.63) is 102 Å². The van der Waals surface area contributed by atoms with Gasteiger partial charge in [0.05, 0.1) is 18.9 Å². The Kier molecular flexibility index (Phi) is 9.55. The summed E-state index contributed by atoms with van der Waals surface area (Å²) in [7, 11) is 3.38. The predicted molar refractivity (Wildman–Crippen MR) is 180 cm³/mol. The summed E-state index contributed by atoms with van der Waals surface area (Å²) < 4.78 is 8.50. The number of nitrogens with one attached hydrogen (secondary N) is 4. The van der Waals surface area contributed by atoms with E-state index in [1.165, 1.54) is 0 Å². The Balaban J connectivity index is 1.01. The zero-order valence-corrected chi connectivity index (χ0v) is 26.5. The van der Waals surface area contributed by atoms with Crippen LogP contribution >= 0.6 is 0 Å². The SMILES string of the molecule is Cn1cc(NC(=O)c2cc3ccccc3cn2)cc1C(=O)Nc1ccc(C(=O)Nc2cn(C)c(C(=O)NCCN3CCOCC3)n2)cc1. The van der Waals surface area contributed by atoms with Crippen LogP contribution in [0.25, 0.3) is 10.8 Å². The van der Waals surface area contributed by atoms with E-state index in [0.29, 0.717) is 48.9 Å². The molecular weight excluding hydrogens is 614 g/mol. The number of nitrogens with zero attached hydrogens (tertiary/aromatic N) is 5. The molecule has 1 saturated heterocycles. The van der Waals surface area contributed by atoms with Crippen molar-refractivity contribution in [2.75, 3.05) is 55.3 Å². The summed E-state index contributed by atoms with van der Waals surface area (Å²) in [6.45, 7) is 4.25. The quantitative estimate of drug-likeness (QED) is 0.179. The topological polar surface area (TPSA) is 165 Å². The summed E-state index contributed by atoms with van der Waals surface area (Å²) >= 11 is 0. The molecule has 0 atom stereocenters. The van der Waals surface area contributed by atoms with E-state index < -0.39 is 17.7 Å². The van der Waals surface area contributed by atoms with E-state index in [4.69, 9.17) is 4.74 Å². The number of carbonyl (C=O) groups is 4. The van der Waals surface area contributed by atoms with Crippen LogP contribution in [0.15, 0.2) is 79.3 Å². The average Bonchev–Trinajstić information content (AvgIpc) is 3.65. The Labute approximate surface area is 276 Å². The minimum Gasteiger partial charge on any atom is -0.379 e. The van der Waals surface area contributed by atoms with Gasteiger partial charge in [-0.2, -0.15) is 0 Å². The molecule has 14 nitrogen and oxygen atoms in total. The maximum atomic E-state index is 13.1. The van der Waals surface area contributed by atoms with E-state index in [1.54, 1.807) is 78.2 Å². The van der Waals surface area contributed by atoms with Crippen LogP contribution in [0.1, 0.15) is 42.0 Å². The van der Waals surface area contributed by atoms with Crippen molar-refractivity contribution in [1.82, 2.24) is 29.3 Å². The largest absolute Gasteiger partial charge is 0.379 e. The van der Waals surface area contributed by atoms with Crippen LogP contribution in [0, 0.1) is 0 Å². The van der Waals surface area contributed by atoms with Gasteiger partial charge in [-0.1, -0.05) is 24.3 Å². The van der Waals surface area contributed by atoms with E-state index in [1.807, 2.05) is 24.3 Å². The first-order chi connectivity index (χ1) is 23.2. The number of amides is 4. The van der Waals surface area contributed by atoms with Gasteiger partial charge in [0.1, 0.15) is 11.4 Å². The predicted octanol–water partition coefficient (Wildman–Crippen LogP) is 3.13. The monoisotopic (exact) mass is 649 g/mol. The highest BCUT2D eigenvalue weighted by molar-refractivity contribution is 6.08. The van der Waals surface area contributed by atoms with Crippen LogP contribution in [0.5, 0.6) is 0 Å². The Hall–Kier alpha value is -5.86. The van der Waals surface area contributed by atoms with Gasteiger partial charge in [-0.3, -0.25) is 29.1 Å². The molecule has 4 amide bonds.